The predicted molar refractivity (Wildman–Crippen MR) is 194 cm³/mol. The van der Waals surface area contributed by atoms with E-state index in [2.05, 4.69) is 50.2 Å². The summed E-state index contributed by atoms with van der Waals surface area (Å²) in [5.41, 5.74) is 0.702. The van der Waals surface area contributed by atoms with Crippen LogP contribution < -0.4 is 0 Å². The number of carbonyl (C=O) groups is 2. The van der Waals surface area contributed by atoms with Crippen LogP contribution in [0.15, 0.2) is 23.8 Å². The minimum Gasteiger partial charge on any atom is -0.461 e. The van der Waals surface area contributed by atoms with Crippen molar-refractivity contribution in [3.05, 3.63) is 23.8 Å². The lowest BCUT2D eigenvalue weighted by atomic mass is 9.70. The van der Waals surface area contributed by atoms with Crippen molar-refractivity contribution in [2.45, 2.75) is 146 Å². The zero-order chi connectivity index (χ0) is 38.0. The second kappa shape index (κ2) is 17.7. The number of carbonyl (C=O) groups excluding carboxylic acids is 2. The molecule has 3 heterocycles. The molecule has 12 heteroatoms. The van der Waals surface area contributed by atoms with Crippen LogP contribution in [0.3, 0.4) is 0 Å². The molecule has 0 bridgehead atoms. The maximum Gasteiger partial charge on any atom is 0.306 e. The summed E-state index contributed by atoms with van der Waals surface area (Å²) in [6.07, 6.45) is 8.70. The van der Waals surface area contributed by atoms with Gasteiger partial charge in [-0.25, -0.2) is 0 Å². The highest BCUT2D eigenvalue weighted by Gasteiger charge is 2.52. The zero-order valence-electron chi connectivity index (χ0n) is 32.9. The summed E-state index contributed by atoms with van der Waals surface area (Å²) < 4.78 is 49.3. The van der Waals surface area contributed by atoms with E-state index >= 15 is 0 Å². The average molecular weight is 743 g/mol. The highest BCUT2D eigenvalue weighted by atomic mass is 16.7. The third kappa shape index (κ3) is 8.63. The highest BCUT2D eigenvalue weighted by Crippen LogP contribution is 2.54. The van der Waals surface area contributed by atoms with Crippen molar-refractivity contribution in [3.63, 3.8) is 0 Å². The molecule has 12 nitrogen and oxygen atoms in total. The maximum atomic E-state index is 14.7. The number of rotatable bonds is 9. The fourth-order valence-electron chi connectivity index (χ4n) is 10.4. The molecule has 17 atom stereocenters. The Balaban J connectivity index is 1.21. The van der Waals surface area contributed by atoms with E-state index in [9.17, 15) is 14.9 Å². The van der Waals surface area contributed by atoms with Crippen LogP contribution in [0.4, 0.5) is 0 Å². The summed E-state index contributed by atoms with van der Waals surface area (Å²) in [6, 6.07) is 2.51. The molecule has 53 heavy (non-hydrogen) atoms. The topological polar surface area (TPSA) is 135 Å². The summed E-state index contributed by atoms with van der Waals surface area (Å²) >= 11 is 0. The number of fused-ring (bicyclic) bond motifs is 5. The van der Waals surface area contributed by atoms with E-state index in [1.165, 1.54) is 0 Å². The minimum atomic E-state index is -0.617. The van der Waals surface area contributed by atoms with E-state index in [0.717, 1.165) is 25.7 Å². The molecule has 0 aromatic heterocycles. The van der Waals surface area contributed by atoms with Gasteiger partial charge in [-0.1, -0.05) is 25.2 Å². The number of methoxy groups -OCH3 is 3. The van der Waals surface area contributed by atoms with Gasteiger partial charge in [0.05, 0.1) is 43.3 Å². The van der Waals surface area contributed by atoms with Crippen molar-refractivity contribution in [2.24, 2.45) is 35.5 Å². The summed E-state index contributed by atoms with van der Waals surface area (Å²) in [5, 5.41) is 9.54. The maximum absolute atomic E-state index is 14.7. The van der Waals surface area contributed by atoms with Gasteiger partial charge < -0.3 is 42.8 Å². The van der Waals surface area contributed by atoms with Crippen LogP contribution in [-0.2, 0) is 47.5 Å². The standard InChI is InChI=1S/C41H62N2O10/c1-22-34(53-36-15-14-33(43(4)5)23(2)49-36)11-9-10-26(16-17-42)51-35(44)21-31-28-13-12-25-18-27(19-29(25)30(28)20-32(31)37(22)45)52-41-40(48-8)39(47-7)38(46-6)24(3)50-41/h12-13,20,22-31,33-34,36,38-41H,9-11,14-16,18-19,21H2,1-8H3/t22-,23-,24+,25-,26-,27-,28-,29-,30-,31+,33+,34+,36+,38+,39-,40-,41+/m1/s1. The lowest BCUT2D eigenvalue weighted by Gasteiger charge is -2.44. The van der Waals surface area contributed by atoms with Crippen LogP contribution in [0, 0.1) is 46.8 Å². The minimum absolute atomic E-state index is 0.00145. The van der Waals surface area contributed by atoms with Gasteiger partial charge in [0.1, 0.15) is 24.4 Å². The van der Waals surface area contributed by atoms with Gasteiger partial charge in [-0.05, 0) is 102 Å². The van der Waals surface area contributed by atoms with Crippen LogP contribution in [-0.4, -0.2) is 120 Å². The Bertz CT molecular complexity index is 1380. The van der Waals surface area contributed by atoms with Crippen molar-refractivity contribution >= 4 is 11.8 Å². The monoisotopic (exact) mass is 742 g/mol. The third-order valence-corrected chi connectivity index (χ3v) is 13.1. The third-order valence-electron chi connectivity index (χ3n) is 13.1. The average Bonchev–Trinajstić information content (AvgIpc) is 3.70. The van der Waals surface area contributed by atoms with Gasteiger partial charge in [-0.2, -0.15) is 5.26 Å². The molecule has 0 spiro atoms. The summed E-state index contributed by atoms with van der Waals surface area (Å²) in [5.74, 6) is -0.517. The molecule has 0 N–H and O–H groups in total. The van der Waals surface area contributed by atoms with E-state index < -0.39 is 30.7 Å². The number of ketones is 1. The first-order valence-corrected chi connectivity index (χ1v) is 19.8. The number of allylic oxidation sites excluding steroid dienone is 4. The van der Waals surface area contributed by atoms with Crippen molar-refractivity contribution in [1.82, 2.24) is 4.90 Å². The molecule has 6 aliphatic rings. The SMILES string of the molecule is CO[C@@H]1[C@@H](OC)[C@H](C)O[C@@H](O[C@H]2C[C@H]3[C@@H]4C=C5C(=O)[C@H](C)[C@@H](O[C@H]6CC[C@H](N(C)C)[C@@H](C)O6)CCC[C@H](CC#N)OC(=O)C[C@H]5[C@@H]4C=C[C@@H]3C2)[C@@H]1OC. The molecule has 3 aliphatic carbocycles. The molecule has 0 aromatic carbocycles. The first-order valence-electron chi connectivity index (χ1n) is 19.8. The Hall–Kier alpha value is -2.21. The number of nitriles is 1. The molecule has 1 saturated carbocycles. The molecule has 296 valence electrons. The lowest BCUT2D eigenvalue weighted by Crippen LogP contribution is -2.59. The number of hydrogen-bond donors (Lipinski definition) is 0. The number of hydrogen-bond acceptors (Lipinski definition) is 12. The Morgan fingerprint density at radius 2 is 1.62 bits per heavy atom. The first-order chi connectivity index (χ1) is 25.5. The number of nitrogens with zero attached hydrogens (tertiary/aromatic N) is 2. The second-order valence-electron chi connectivity index (χ2n) is 16.5. The molecule has 0 radical (unpaired) electrons. The molecular weight excluding hydrogens is 680 g/mol. The quantitative estimate of drug-likeness (QED) is 0.233. The molecule has 0 unspecified atom stereocenters. The molecule has 3 aliphatic heterocycles. The molecule has 6 rings (SSSR count). The molecule has 0 aromatic rings. The molecule has 4 fully saturated rings. The molecular formula is C41H62N2O10. The largest absolute Gasteiger partial charge is 0.461 e. The number of ether oxygens (including phenoxy) is 8. The first kappa shape index (κ1) is 40.5. The number of Topliss-reactive ketones (excluding diaryl/α,β-unsaturated/α-hetero) is 1. The smallest absolute Gasteiger partial charge is 0.306 e. The van der Waals surface area contributed by atoms with Gasteiger partial charge in [-0.15, -0.1) is 0 Å². The zero-order valence-corrected chi connectivity index (χ0v) is 32.9. The highest BCUT2D eigenvalue weighted by molar-refractivity contribution is 5.99. The van der Waals surface area contributed by atoms with Crippen LogP contribution in [0.5, 0.6) is 0 Å². The number of likely N-dealkylation sites (N-methyl/N-ethyl adjacent to an activating group) is 1. The van der Waals surface area contributed by atoms with Crippen molar-refractivity contribution in [1.29, 1.82) is 5.26 Å². The van der Waals surface area contributed by atoms with E-state index in [1.54, 1.807) is 21.3 Å². The Morgan fingerprint density at radius 3 is 2.30 bits per heavy atom. The van der Waals surface area contributed by atoms with Gasteiger partial charge in [0.2, 0.25) is 0 Å². The molecule has 3 saturated heterocycles. The summed E-state index contributed by atoms with van der Waals surface area (Å²) in [6.45, 7) is 6.01. The van der Waals surface area contributed by atoms with Crippen LogP contribution in [0.1, 0.15) is 78.6 Å². The fraction of sp³-hybridized carbons (Fsp3) is 0.829. The Kier molecular flexibility index (Phi) is 13.5. The second-order valence-corrected chi connectivity index (χ2v) is 16.5. The fourth-order valence-corrected chi connectivity index (χ4v) is 10.4. The Morgan fingerprint density at radius 1 is 0.868 bits per heavy atom. The van der Waals surface area contributed by atoms with Gasteiger partial charge in [0.25, 0.3) is 0 Å². The van der Waals surface area contributed by atoms with E-state index in [0.29, 0.717) is 30.9 Å². The normalized spacial score (nSPS) is 44.9. The lowest BCUT2D eigenvalue weighted by molar-refractivity contribution is -0.314. The van der Waals surface area contributed by atoms with Gasteiger partial charge in [-0.3, -0.25) is 9.59 Å². The van der Waals surface area contributed by atoms with Crippen LogP contribution in [0.25, 0.3) is 0 Å². The van der Waals surface area contributed by atoms with Crippen molar-refractivity contribution in [3.8, 4) is 6.07 Å². The van der Waals surface area contributed by atoms with Gasteiger partial charge in [0.15, 0.2) is 18.4 Å². The van der Waals surface area contributed by atoms with E-state index in [4.69, 9.17) is 37.9 Å². The van der Waals surface area contributed by atoms with Gasteiger partial charge in [0, 0.05) is 39.2 Å². The summed E-state index contributed by atoms with van der Waals surface area (Å²) in [7, 11) is 9.07. The summed E-state index contributed by atoms with van der Waals surface area (Å²) in [4.78, 5) is 30.3. The van der Waals surface area contributed by atoms with Gasteiger partial charge >= 0.3 is 5.97 Å². The van der Waals surface area contributed by atoms with E-state index in [1.807, 2.05) is 13.8 Å². The predicted octanol–water partition coefficient (Wildman–Crippen LogP) is 4.99. The van der Waals surface area contributed by atoms with E-state index in [-0.39, 0.29) is 90.8 Å². The Labute approximate surface area is 315 Å². The number of esters is 1. The molecule has 0 amide bonds. The number of cyclic esters (lactones) is 1. The van der Waals surface area contributed by atoms with Crippen LogP contribution in [0.2, 0.25) is 0 Å². The van der Waals surface area contributed by atoms with Crippen LogP contribution >= 0.6 is 0 Å². The van der Waals surface area contributed by atoms with Crippen molar-refractivity contribution < 1.29 is 47.5 Å². The van der Waals surface area contributed by atoms with Crippen molar-refractivity contribution in [2.75, 3.05) is 35.4 Å².